The zero-order chi connectivity index (χ0) is 7.61. The molecule has 1 atom stereocenters. The van der Waals surface area contributed by atoms with Crippen molar-refractivity contribution < 1.29 is 4.39 Å². The highest BCUT2D eigenvalue weighted by atomic mass is 19.1. The van der Waals surface area contributed by atoms with E-state index in [0.29, 0.717) is 12.3 Å². The highest BCUT2D eigenvalue weighted by molar-refractivity contribution is 5.06. The van der Waals surface area contributed by atoms with Crippen LogP contribution in [-0.4, -0.2) is 6.67 Å². The molecule has 1 rings (SSSR count). The van der Waals surface area contributed by atoms with Gasteiger partial charge in [0.2, 0.25) is 0 Å². The molecule has 1 aliphatic carbocycles. The maximum Gasteiger partial charge on any atom is 0.108 e. The summed E-state index contributed by atoms with van der Waals surface area (Å²) in [5, 5.41) is 8.70. The molecule has 1 saturated carbocycles. The Hall–Kier alpha value is -0.580. The summed E-state index contributed by atoms with van der Waals surface area (Å²) in [5.41, 5.74) is -0.625. The van der Waals surface area contributed by atoms with E-state index in [1.54, 1.807) is 0 Å². The molecule has 56 valence electrons. The molecule has 0 aromatic rings. The Labute approximate surface area is 60.8 Å². The van der Waals surface area contributed by atoms with E-state index in [-0.39, 0.29) is 0 Å². The number of nitriles is 1. The summed E-state index contributed by atoms with van der Waals surface area (Å²) in [4.78, 5) is 0. The minimum atomic E-state index is -0.625. The number of nitrogens with zero attached hydrogens (tertiary/aromatic N) is 1. The zero-order valence-electron chi connectivity index (χ0n) is 6.23. The fourth-order valence-corrected chi connectivity index (χ4v) is 1.33. The Morgan fingerprint density at radius 3 is 2.40 bits per heavy atom. The van der Waals surface area contributed by atoms with Gasteiger partial charge in [-0.2, -0.15) is 5.26 Å². The molecular formula is C8H12FN. The SMILES string of the molecule is CCC(C#N)(CF)C1CC1. The molecule has 0 spiro atoms. The first-order valence-electron chi connectivity index (χ1n) is 3.76. The van der Waals surface area contributed by atoms with Crippen LogP contribution in [0.2, 0.25) is 0 Å². The molecule has 0 aromatic carbocycles. The summed E-state index contributed by atoms with van der Waals surface area (Å²) >= 11 is 0. The molecule has 0 saturated heterocycles. The van der Waals surface area contributed by atoms with Crippen LogP contribution in [0.15, 0.2) is 0 Å². The molecule has 0 amide bonds. The fraction of sp³-hybridized carbons (Fsp3) is 0.875. The summed E-state index contributed by atoms with van der Waals surface area (Å²) in [6, 6.07) is 2.10. The van der Waals surface area contributed by atoms with Crippen molar-refractivity contribution >= 4 is 0 Å². The fourth-order valence-electron chi connectivity index (χ4n) is 1.33. The van der Waals surface area contributed by atoms with E-state index in [1.165, 1.54) is 0 Å². The molecule has 1 fully saturated rings. The number of hydrogen-bond acceptors (Lipinski definition) is 1. The average Bonchev–Trinajstić information content (AvgIpc) is 2.77. The van der Waals surface area contributed by atoms with Crippen LogP contribution < -0.4 is 0 Å². The van der Waals surface area contributed by atoms with E-state index >= 15 is 0 Å². The van der Waals surface area contributed by atoms with Gasteiger partial charge < -0.3 is 0 Å². The topological polar surface area (TPSA) is 23.8 Å². The molecule has 0 aromatic heterocycles. The van der Waals surface area contributed by atoms with Crippen LogP contribution in [0.5, 0.6) is 0 Å². The first-order valence-corrected chi connectivity index (χ1v) is 3.76. The van der Waals surface area contributed by atoms with Crippen LogP contribution in [-0.2, 0) is 0 Å². The van der Waals surface area contributed by atoms with E-state index in [2.05, 4.69) is 6.07 Å². The number of alkyl halides is 1. The van der Waals surface area contributed by atoms with Gasteiger partial charge in [0.15, 0.2) is 0 Å². The van der Waals surface area contributed by atoms with Gasteiger partial charge in [0.25, 0.3) is 0 Å². The summed E-state index contributed by atoms with van der Waals surface area (Å²) in [6.45, 7) is 1.42. The Morgan fingerprint density at radius 1 is 1.70 bits per heavy atom. The predicted molar refractivity (Wildman–Crippen MR) is 37.0 cm³/mol. The van der Waals surface area contributed by atoms with Crippen molar-refractivity contribution in [1.82, 2.24) is 0 Å². The normalized spacial score (nSPS) is 23.3. The maximum absolute atomic E-state index is 12.4. The summed E-state index contributed by atoms with van der Waals surface area (Å²) in [5.74, 6) is 0.354. The minimum Gasteiger partial charge on any atom is -0.249 e. The Morgan fingerprint density at radius 2 is 2.30 bits per heavy atom. The number of hydrogen-bond donors (Lipinski definition) is 0. The lowest BCUT2D eigenvalue weighted by Crippen LogP contribution is -2.22. The minimum absolute atomic E-state index is 0.354. The highest BCUT2D eigenvalue weighted by Gasteiger charge is 2.44. The van der Waals surface area contributed by atoms with Gasteiger partial charge in [-0.05, 0) is 25.2 Å². The third-order valence-electron chi connectivity index (χ3n) is 2.45. The lowest BCUT2D eigenvalue weighted by molar-refractivity contribution is 0.236. The molecule has 2 heteroatoms. The molecule has 0 bridgehead atoms. The largest absolute Gasteiger partial charge is 0.249 e. The van der Waals surface area contributed by atoms with Crippen LogP contribution in [0, 0.1) is 22.7 Å². The van der Waals surface area contributed by atoms with Crippen molar-refractivity contribution in [2.45, 2.75) is 26.2 Å². The van der Waals surface area contributed by atoms with Crippen molar-refractivity contribution in [2.75, 3.05) is 6.67 Å². The van der Waals surface area contributed by atoms with Gasteiger partial charge in [-0.3, -0.25) is 0 Å². The molecule has 0 radical (unpaired) electrons. The van der Waals surface area contributed by atoms with Crippen molar-refractivity contribution in [2.24, 2.45) is 11.3 Å². The maximum atomic E-state index is 12.4. The van der Waals surface area contributed by atoms with Gasteiger partial charge in [0, 0.05) is 0 Å². The molecular weight excluding hydrogens is 129 g/mol. The summed E-state index contributed by atoms with van der Waals surface area (Å²) in [7, 11) is 0. The number of halogens is 1. The predicted octanol–water partition coefficient (Wildman–Crippen LogP) is 2.29. The quantitative estimate of drug-likeness (QED) is 0.591. The van der Waals surface area contributed by atoms with E-state index in [0.717, 1.165) is 12.8 Å². The third-order valence-corrected chi connectivity index (χ3v) is 2.45. The van der Waals surface area contributed by atoms with Crippen LogP contribution >= 0.6 is 0 Å². The highest BCUT2D eigenvalue weighted by Crippen LogP contribution is 2.47. The third kappa shape index (κ3) is 1.01. The van der Waals surface area contributed by atoms with E-state index in [1.807, 2.05) is 6.92 Å². The van der Waals surface area contributed by atoms with Crippen LogP contribution in [0.4, 0.5) is 4.39 Å². The number of rotatable bonds is 3. The van der Waals surface area contributed by atoms with Crippen LogP contribution in [0.3, 0.4) is 0 Å². The standard InChI is InChI=1S/C8H12FN/c1-2-8(5-9,6-10)7-3-4-7/h7H,2-5H2,1H3. The molecule has 0 N–H and O–H groups in total. The molecule has 1 nitrogen and oxygen atoms in total. The van der Waals surface area contributed by atoms with E-state index < -0.39 is 12.1 Å². The second-order valence-corrected chi connectivity index (χ2v) is 3.03. The smallest absolute Gasteiger partial charge is 0.108 e. The summed E-state index contributed by atoms with van der Waals surface area (Å²) in [6.07, 6.45) is 2.75. The molecule has 10 heavy (non-hydrogen) atoms. The van der Waals surface area contributed by atoms with Gasteiger partial charge >= 0.3 is 0 Å². The second kappa shape index (κ2) is 2.57. The van der Waals surface area contributed by atoms with Crippen LogP contribution in [0.1, 0.15) is 26.2 Å². The first kappa shape index (κ1) is 7.53. The molecule has 0 heterocycles. The lowest BCUT2D eigenvalue weighted by Gasteiger charge is -2.19. The monoisotopic (exact) mass is 141 g/mol. The van der Waals surface area contributed by atoms with Gasteiger partial charge in [-0.25, -0.2) is 4.39 Å². The van der Waals surface area contributed by atoms with Gasteiger partial charge in [0.1, 0.15) is 6.67 Å². The van der Waals surface area contributed by atoms with E-state index in [9.17, 15) is 4.39 Å². The van der Waals surface area contributed by atoms with Gasteiger partial charge in [0.05, 0.1) is 11.5 Å². The average molecular weight is 141 g/mol. The van der Waals surface area contributed by atoms with Crippen molar-refractivity contribution in [3.8, 4) is 6.07 Å². The zero-order valence-corrected chi connectivity index (χ0v) is 6.23. The Kier molecular flexibility index (Phi) is 1.94. The van der Waals surface area contributed by atoms with Crippen molar-refractivity contribution in [3.63, 3.8) is 0 Å². The second-order valence-electron chi connectivity index (χ2n) is 3.03. The van der Waals surface area contributed by atoms with E-state index in [4.69, 9.17) is 5.26 Å². The van der Waals surface area contributed by atoms with Crippen molar-refractivity contribution in [1.29, 1.82) is 5.26 Å². The molecule has 1 unspecified atom stereocenters. The van der Waals surface area contributed by atoms with Gasteiger partial charge in [-0.1, -0.05) is 6.92 Å². The first-order chi connectivity index (χ1) is 4.79. The lowest BCUT2D eigenvalue weighted by atomic mass is 9.83. The Balaban J connectivity index is 2.63. The van der Waals surface area contributed by atoms with Crippen molar-refractivity contribution in [3.05, 3.63) is 0 Å². The molecule has 0 aliphatic heterocycles. The summed E-state index contributed by atoms with van der Waals surface area (Å²) < 4.78 is 12.4. The molecule has 1 aliphatic rings. The Bertz CT molecular complexity index is 151. The van der Waals surface area contributed by atoms with Crippen LogP contribution in [0.25, 0.3) is 0 Å². The van der Waals surface area contributed by atoms with Gasteiger partial charge in [-0.15, -0.1) is 0 Å².